The van der Waals surface area contributed by atoms with Crippen LogP contribution in [0.2, 0.25) is 51.4 Å². The van der Waals surface area contributed by atoms with Gasteiger partial charge in [0.15, 0.2) is 16.6 Å². The van der Waals surface area contributed by atoms with Gasteiger partial charge in [-0.25, -0.2) is 0 Å². The number of rotatable bonds is 23. The van der Waals surface area contributed by atoms with Gasteiger partial charge in [-0.2, -0.15) is 0 Å². The third-order valence-corrected chi connectivity index (χ3v) is 16.6. The van der Waals surface area contributed by atoms with Crippen LogP contribution in [0.1, 0.15) is 26.7 Å². The molecule has 3 atom stereocenters. The van der Waals surface area contributed by atoms with E-state index in [1.807, 2.05) is 13.8 Å². The highest BCUT2D eigenvalue weighted by Crippen LogP contribution is 2.26. The molecule has 0 saturated carbocycles. The standard InChI is InChI=1S/C23H56N2O7Si3/c1-21(24)18-30-19-22(2)25-17-23(27)20-29-13-10-16-34(5,6)32-35(7,8)31-33(3,4)15-9-12-28-14-11-26/h21-23,25-27H,9-20,24H2,1-8H3. The molecule has 212 valence electrons. The van der Waals surface area contributed by atoms with Gasteiger partial charge in [-0.3, -0.25) is 0 Å². The van der Waals surface area contributed by atoms with E-state index in [1.165, 1.54) is 0 Å². The van der Waals surface area contributed by atoms with Gasteiger partial charge in [0.05, 0.1) is 39.1 Å². The molecule has 3 unspecified atom stereocenters. The molecular formula is C23H56N2O7Si3. The number of hydrogen-bond acceptors (Lipinski definition) is 9. The normalized spacial score (nSPS) is 15.9. The molecule has 0 saturated heterocycles. The first-order valence-electron chi connectivity index (χ1n) is 13.1. The van der Waals surface area contributed by atoms with Crippen LogP contribution in [0.4, 0.5) is 0 Å². The smallest absolute Gasteiger partial charge is 0.311 e. The Labute approximate surface area is 217 Å². The molecule has 0 radical (unpaired) electrons. The maximum Gasteiger partial charge on any atom is 0.311 e. The minimum Gasteiger partial charge on any atom is -0.437 e. The molecule has 9 nitrogen and oxygen atoms in total. The quantitative estimate of drug-likeness (QED) is 0.111. The van der Waals surface area contributed by atoms with E-state index in [2.05, 4.69) is 44.6 Å². The number of ether oxygens (including phenoxy) is 3. The maximum absolute atomic E-state index is 10.1. The first-order valence-corrected chi connectivity index (χ1v) is 22.1. The molecule has 0 aromatic carbocycles. The van der Waals surface area contributed by atoms with Gasteiger partial charge in [0, 0.05) is 31.8 Å². The van der Waals surface area contributed by atoms with Crippen LogP contribution in [-0.4, -0.2) is 106 Å². The summed E-state index contributed by atoms with van der Waals surface area (Å²) in [6.45, 7) is 20.8. The zero-order valence-electron chi connectivity index (χ0n) is 23.7. The summed E-state index contributed by atoms with van der Waals surface area (Å²) in [5, 5.41) is 22.2. The minimum atomic E-state index is -2.24. The molecule has 0 bridgehead atoms. The molecule has 0 rings (SSSR count). The van der Waals surface area contributed by atoms with E-state index in [1.54, 1.807) is 0 Å². The Morgan fingerprint density at radius 3 is 1.83 bits per heavy atom. The van der Waals surface area contributed by atoms with Crippen molar-refractivity contribution < 1.29 is 32.7 Å². The Morgan fingerprint density at radius 1 is 0.771 bits per heavy atom. The summed E-state index contributed by atoms with van der Waals surface area (Å²) >= 11 is 0. The fraction of sp³-hybridized carbons (Fsp3) is 1.00. The van der Waals surface area contributed by atoms with Crippen LogP contribution in [0.15, 0.2) is 0 Å². The monoisotopic (exact) mass is 556 g/mol. The van der Waals surface area contributed by atoms with Gasteiger partial charge in [0.2, 0.25) is 0 Å². The van der Waals surface area contributed by atoms with Crippen LogP contribution in [0.5, 0.6) is 0 Å². The van der Waals surface area contributed by atoms with Crippen LogP contribution in [0, 0.1) is 0 Å². The molecular weight excluding hydrogens is 501 g/mol. The fourth-order valence-corrected chi connectivity index (χ4v) is 17.9. The molecule has 0 fully saturated rings. The van der Waals surface area contributed by atoms with Gasteiger partial charge >= 0.3 is 8.56 Å². The summed E-state index contributed by atoms with van der Waals surface area (Å²) in [6, 6.07) is 2.19. The third kappa shape index (κ3) is 22.0. The van der Waals surface area contributed by atoms with E-state index >= 15 is 0 Å². The molecule has 0 spiro atoms. The Kier molecular flexibility index (Phi) is 18.7. The highest BCUT2D eigenvalue weighted by atomic mass is 28.5. The maximum atomic E-state index is 10.1. The Hall–Kier alpha value is 0.291. The SMILES string of the molecule is CC(N)COCC(C)NCC(O)COCCC[Si](C)(C)O[Si](C)(C)O[Si](C)(C)CCCOCCO. The number of nitrogens with two attached hydrogens (primary N) is 1. The van der Waals surface area contributed by atoms with E-state index in [0.717, 1.165) is 24.9 Å². The number of aliphatic hydroxyl groups is 2. The van der Waals surface area contributed by atoms with Crippen molar-refractivity contribution in [3.63, 3.8) is 0 Å². The Bertz CT molecular complexity index is 529. The van der Waals surface area contributed by atoms with Crippen molar-refractivity contribution >= 4 is 25.2 Å². The molecule has 12 heteroatoms. The molecule has 0 heterocycles. The summed E-state index contributed by atoms with van der Waals surface area (Å²) < 4.78 is 29.8. The van der Waals surface area contributed by atoms with Crippen LogP contribution >= 0.6 is 0 Å². The lowest BCUT2D eigenvalue weighted by atomic mass is 10.3. The van der Waals surface area contributed by atoms with Crippen molar-refractivity contribution in [2.75, 3.05) is 52.8 Å². The number of aliphatic hydroxyl groups excluding tert-OH is 2. The molecule has 0 aliphatic rings. The van der Waals surface area contributed by atoms with Gasteiger partial charge in [-0.05, 0) is 78.1 Å². The second-order valence-corrected chi connectivity index (χ2v) is 23.7. The molecule has 0 aliphatic heterocycles. The lowest BCUT2D eigenvalue weighted by molar-refractivity contribution is 0.0329. The van der Waals surface area contributed by atoms with E-state index in [4.69, 9.17) is 33.3 Å². The van der Waals surface area contributed by atoms with E-state index in [0.29, 0.717) is 46.2 Å². The van der Waals surface area contributed by atoms with Crippen molar-refractivity contribution in [2.45, 2.75) is 96.2 Å². The van der Waals surface area contributed by atoms with Crippen LogP contribution in [-0.2, 0) is 22.4 Å². The van der Waals surface area contributed by atoms with Crippen molar-refractivity contribution in [2.24, 2.45) is 5.73 Å². The highest BCUT2D eigenvalue weighted by Gasteiger charge is 2.39. The van der Waals surface area contributed by atoms with Gasteiger partial charge in [0.1, 0.15) is 0 Å². The Morgan fingerprint density at radius 2 is 1.31 bits per heavy atom. The van der Waals surface area contributed by atoms with Crippen molar-refractivity contribution in [3.05, 3.63) is 0 Å². The van der Waals surface area contributed by atoms with Crippen LogP contribution < -0.4 is 11.1 Å². The lowest BCUT2D eigenvalue weighted by Crippen LogP contribution is -2.52. The lowest BCUT2D eigenvalue weighted by Gasteiger charge is -2.38. The van der Waals surface area contributed by atoms with Crippen molar-refractivity contribution in [1.29, 1.82) is 0 Å². The fourth-order valence-electron chi connectivity index (χ4n) is 3.93. The van der Waals surface area contributed by atoms with Crippen LogP contribution in [0.3, 0.4) is 0 Å². The molecule has 35 heavy (non-hydrogen) atoms. The van der Waals surface area contributed by atoms with Crippen LogP contribution in [0.25, 0.3) is 0 Å². The largest absolute Gasteiger partial charge is 0.437 e. The third-order valence-electron chi connectivity index (χ3n) is 5.18. The predicted molar refractivity (Wildman–Crippen MR) is 150 cm³/mol. The van der Waals surface area contributed by atoms with E-state index in [9.17, 15) is 5.11 Å². The van der Waals surface area contributed by atoms with Crippen molar-refractivity contribution in [3.8, 4) is 0 Å². The molecule has 5 N–H and O–H groups in total. The summed E-state index contributed by atoms with van der Waals surface area (Å²) in [7, 11) is -5.96. The summed E-state index contributed by atoms with van der Waals surface area (Å²) in [5.74, 6) is 0. The predicted octanol–water partition coefficient (Wildman–Crippen LogP) is 2.64. The van der Waals surface area contributed by atoms with Gasteiger partial charge in [-0.1, -0.05) is 0 Å². The van der Waals surface area contributed by atoms with Gasteiger partial charge < -0.3 is 43.7 Å². The second kappa shape index (κ2) is 18.5. The first kappa shape index (κ1) is 35.3. The first-order chi connectivity index (χ1) is 16.2. The van der Waals surface area contributed by atoms with Gasteiger partial charge in [0.25, 0.3) is 0 Å². The zero-order chi connectivity index (χ0) is 27.0. The van der Waals surface area contributed by atoms with Crippen molar-refractivity contribution in [1.82, 2.24) is 5.32 Å². The second-order valence-electron chi connectivity index (χ2n) is 11.2. The average molecular weight is 557 g/mol. The molecule has 0 aromatic heterocycles. The average Bonchev–Trinajstić information content (AvgIpc) is 2.69. The van der Waals surface area contributed by atoms with E-state index in [-0.39, 0.29) is 18.7 Å². The molecule has 0 aromatic rings. The molecule has 0 amide bonds. The topological polar surface area (TPSA) is 125 Å². The summed E-state index contributed by atoms with van der Waals surface area (Å²) in [5.41, 5.74) is 5.67. The zero-order valence-corrected chi connectivity index (χ0v) is 26.7. The van der Waals surface area contributed by atoms with E-state index < -0.39 is 31.3 Å². The van der Waals surface area contributed by atoms with Gasteiger partial charge in [-0.15, -0.1) is 0 Å². The summed E-state index contributed by atoms with van der Waals surface area (Å²) in [6.07, 6.45) is 1.31. The number of hydrogen-bond donors (Lipinski definition) is 4. The summed E-state index contributed by atoms with van der Waals surface area (Å²) in [4.78, 5) is 0. The number of nitrogens with one attached hydrogen (secondary N) is 1. The molecule has 0 aliphatic carbocycles. The minimum absolute atomic E-state index is 0.0306. The Balaban J connectivity index is 4.11. The highest BCUT2D eigenvalue weighted by molar-refractivity contribution is 6.87.